The number of nitrogens with one attached hydrogen (secondary N) is 1. The van der Waals surface area contributed by atoms with Gasteiger partial charge in [0.05, 0.1) is 12.5 Å². The molecule has 1 aliphatic rings. The fraction of sp³-hybridized carbons (Fsp3) is 0.409. The van der Waals surface area contributed by atoms with E-state index in [0.717, 1.165) is 38.3 Å². The van der Waals surface area contributed by atoms with Crippen molar-refractivity contribution in [2.75, 3.05) is 49.5 Å². The van der Waals surface area contributed by atoms with Crippen molar-refractivity contribution in [3.05, 3.63) is 60.2 Å². The van der Waals surface area contributed by atoms with Crippen LogP contribution in [0.25, 0.3) is 0 Å². The Bertz CT molecular complexity index is 682. The first-order valence-electron chi connectivity index (χ1n) is 9.57. The number of anilines is 2. The largest absolute Gasteiger partial charge is 0.384 e. The van der Waals surface area contributed by atoms with Gasteiger partial charge in [0.2, 0.25) is 0 Å². The number of benzene rings is 2. The normalized spacial score (nSPS) is 14.8. The van der Waals surface area contributed by atoms with Gasteiger partial charge in [0.1, 0.15) is 0 Å². The highest BCUT2D eigenvalue weighted by molar-refractivity contribution is 5.46. The van der Waals surface area contributed by atoms with Crippen LogP contribution in [0.4, 0.5) is 11.4 Å². The molecule has 3 rings (SSSR count). The Morgan fingerprint density at radius 3 is 2.35 bits per heavy atom. The molecule has 0 atom stereocenters. The van der Waals surface area contributed by atoms with Crippen molar-refractivity contribution in [1.82, 2.24) is 4.90 Å². The maximum absolute atomic E-state index is 8.57. The minimum Gasteiger partial charge on any atom is -0.384 e. The summed E-state index contributed by atoms with van der Waals surface area (Å²) >= 11 is 0. The van der Waals surface area contributed by atoms with Crippen LogP contribution in [0.5, 0.6) is 0 Å². The number of rotatable bonds is 8. The zero-order chi connectivity index (χ0) is 18.0. The van der Waals surface area contributed by atoms with Crippen molar-refractivity contribution in [2.45, 2.75) is 19.3 Å². The molecule has 0 unspecified atom stereocenters. The molecular formula is C22H28N4. The Morgan fingerprint density at radius 2 is 1.65 bits per heavy atom. The zero-order valence-corrected chi connectivity index (χ0v) is 15.4. The van der Waals surface area contributed by atoms with Gasteiger partial charge in [-0.2, -0.15) is 5.26 Å². The van der Waals surface area contributed by atoms with Crippen LogP contribution >= 0.6 is 0 Å². The van der Waals surface area contributed by atoms with Crippen molar-refractivity contribution < 1.29 is 0 Å². The van der Waals surface area contributed by atoms with Gasteiger partial charge in [-0.05, 0) is 49.2 Å². The van der Waals surface area contributed by atoms with E-state index in [4.69, 9.17) is 5.26 Å². The average Bonchev–Trinajstić information content (AvgIpc) is 2.71. The monoisotopic (exact) mass is 348 g/mol. The Hall–Kier alpha value is -2.51. The lowest BCUT2D eigenvalue weighted by atomic mass is 10.1. The molecule has 0 spiro atoms. The second-order valence-electron chi connectivity index (χ2n) is 6.80. The highest BCUT2D eigenvalue weighted by Gasteiger charge is 2.16. The lowest BCUT2D eigenvalue weighted by molar-refractivity contribution is 0.255. The molecule has 1 N–H and O–H groups in total. The standard InChI is InChI=1S/C22H28N4/c23-13-5-14-24-21-11-9-20(10-12-21)6-4-15-25-16-18-26(19-17-25)22-7-2-1-3-8-22/h1-3,7-12,24H,4-6,14-19H2. The van der Waals surface area contributed by atoms with Crippen molar-refractivity contribution in [3.63, 3.8) is 0 Å². The summed E-state index contributed by atoms with van der Waals surface area (Å²) in [4.78, 5) is 5.06. The first kappa shape index (κ1) is 18.3. The summed E-state index contributed by atoms with van der Waals surface area (Å²) < 4.78 is 0. The number of hydrogen-bond donors (Lipinski definition) is 1. The van der Waals surface area contributed by atoms with E-state index in [1.807, 2.05) is 0 Å². The SMILES string of the molecule is N#CCCNc1ccc(CCCN2CCN(c3ccccc3)CC2)cc1. The van der Waals surface area contributed by atoms with Gasteiger partial charge < -0.3 is 10.2 Å². The zero-order valence-electron chi connectivity index (χ0n) is 15.4. The quantitative estimate of drug-likeness (QED) is 0.738. The molecule has 0 radical (unpaired) electrons. The highest BCUT2D eigenvalue weighted by Crippen LogP contribution is 2.16. The summed E-state index contributed by atoms with van der Waals surface area (Å²) in [6.07, 6.45) is 2.86. The molecule has 1 fully saturated rings. The summed E-state index contributed by atoms with van der Waals surface area (Å²) in [7, 11) is 0. The molecule has 0 saturated carbocycles. The lowest BCUT2D eigenvalue weighted by Crippen LogP contribution is -2.46. The van der Waals surface area contributed by atoms with Crippen LogP contribution in [0.15, 0.2) is 54.6 Å². The van der Waals surface area contributed by atoms with E-state index in [1.165, 1.54) is 24.2 Å². The minimum atomic E-state index is 0.541. The molecule has 0 amide bonds. The van der Waals surface area contributed by atoms with Crippen molar-refractivity contribution in [2.24, 2.45) is 0 Å². The number of para-hydroxylation sites is 1. The molecule has 136 valence electrons. The molecule has 1 saturated heterocycles. The molecule has 4 heteroatoms. The summed E-state index contributed by atoms with van der Waals surface area (Å²) in [5.41, 5.74) is 3.83. The number of aryl methyl sites for hydroxylation is 1. The Kier molecular flexibility index (Phi) is 6.92. The van der Waals surface area contributed by atoms with Gasteiger partial charge >= 0.3 is 0 Å². The third-order valence-corrected chi connectivity index (χ3v) is 4.95. The minimum absolute atomic E-state index is 0.541. The van der Waals surface area contributed by atoms with E-state index in [9.17, 15) is 0 Å². The van der Waals surface area contributed by atoms with E-state index in [0.29, 0.717) is 13.0 Å². The number of piperazine rings is 1. The maximum Gasteiger partial charge on any atom is 0.0640 e. The van der Waals surface area contributed by atoms with Crippen LogP contribution < -0.4 is 10.2 Å². The van der Waals surface area contributed by atoms with Crippen LogP contribution in [0.3, 0.4) is 0 Å². The number of nitriles is 1. The average molecular weight is 348 g/mol. The summed E-state index contributed by atoms with van der Waals surface area (Å²) in [6, 6.07) is 21.5. The van der Waals surface area contributed by atoms with Crippen LogP contribution in [-0.2, 0) is 6.42 Å². The predicted octanol–water partition coefficient (Wildman–Crippen LogP) is 3.77. The van der Waals surface area contributed by atoms with Crippen LogP contribution in [0, 0.1) is 11.3 Å². The van der Waals surface area contributed by atoms with Gasteiger partial charge in [0, 0.05) is 44.1 Å². The van der Waals surface area contributed by atoms with Gasteiger partial charge in [-0.1, -0.05) is 30.3 Å². The molecule has 4 nitrogen and oxygen atoms in total. The lowest BCUT2D eigenvalue weighted by Gasteiger charge is -2.36. The fourth-order valence-electron chi connectivity index (χ4n) is 3.43. The summed E-state index contributed by atoms with van der Waals surface area (Å²) in [5, 5.41) is 11.8. The molecule has 26 heavy (non-hydrogen) atoms. The predicted molar refractivity (Wildman–Crippen MR) is 109 cm³/mol. The van der Waals surface area contributed by atoms with Crippen LogP contribution in [0.2, 0.25) is 0 Å². The maximum atomic E-state index is 8.57. The van der Waals surface area contributed by atoms with E-state index in [2.05, 4.69) is 75.8 Å². The van der Waals surface area contributed by atoms with Gasteiger partial charge in [-0.15, -0.1) is 0 Å². The van der Waals surface area contributed by atoms with Crippen molar-refractivity contribution in [1.29, 1.82) is 5.26 Å². The molecule has 0 aliphatic carbocycles. The van der Waals surface area contributed by atoms with Gasteiger partial charge in [0.25, 0.3) is 0 Å². The first-order chi connectivity index (χ1) is 12.8. The Balaban J connectivity index is 1.35. The first-order valence-corrected chi connectivity index (χ1v) is 9.57. The summed E-state index contributed by atoms with van der Waals surface area (Å²) in [6.45, 7) is 6.42. The fourth-order valence-corrected chi connectivity index (χ4v) is 3.43. The van der Waals surface area contributed by atoms with E-state index >= 15 is 0 Å². The third kappa shape index (κ3) is 5.50. The molecule has 0 bridgehead atoms. The van der Waals surface area contributed by atoms with Crippen LogP contribution in [-0.4, -0.2) is 44.2 Å². The molecule has 1 heterocycles. The second kappa shape index (κ2) is 9.84. The topological polar surface area (TPSA) is 42.3 Å². The molecule has 2 aromatic carbocycles. The Morgan fingerprint density at radius 1 is 0.923 bits per heavy atom. The van der Waals surface area contributed by atoms with E-state index in [1.54, 1.807) is 0 Å². The van der Waals surface area contributed by atoms with E-state index in [-0.39, 0.29) is 0 Å². The molecular weight excluding hydrogens is 320 g/mol. The third-order valence-electron chi connectivity index (χ3n) is 4.95. The van der Waals surface area contributed by atoms with Gasteiger partial charge in [-0.25, -0.2) is 0 Å². The molecule has 1 aliphatic heterocycles. The van der Waals surface area contributed by atoms with Crippen LogP contribution in [0.1, 0.15) is 18.4 Å². The van der Waals surface area contributed by atoms with Crippen molar-refractivity contribution in [3.8, 4) is 6.07 Å². The Labute approximate surface area is 157 Å². The van der Waals surface area contributed by atoms with Gasteiger partial charge in [-0.3, -0.25) is 4.90 Å². The number of hydrogen-bond acceptors (Lipinski definition) is 4. The molecule has 0 aromatic heterocycles. The molecule has 2 aromatic rings. The number of nitrogens with zero attached hydrogens (tertiary/aromatic N) is 3. The highest BCUT2D eigenvalue weighted by atomic mass is 15.3. The van der Waals surface area contributed by atoms with Crippen molar-refractivity contribution >= 4 is 11.4 Å². The van der Waals surface area contributed by atoms with Gasteiger partial charge in [0.15, 0.2) is 0 Å². The second-order valence-corrected chi connectivity index (χ2v) is 6.80. The van der Waals surface area contributed by atoms with E-state index < -0.39 is 0 Å². The smallest absolute Gasteiger partial charge is 0.0640 e. The summed E-state index contributed by atoms with van der Waals surface area (Å²) in [5.74, 6) is 0.